The molecule has 90 heavy (non-hydrogen) atoms. The molecular weight excluding hydrogens is 1120 g/mol. The summed E-state index contributed by atoms with van der Waals surface area (Å²) >= 11 is 0. The van der Waals surface area contributed by atoms with Gasteiger partial charge in [-0.2, -0.15) is 10.2 Å². The highest BCUT2D eigenvalue weighted by molar-refractivity contribution is 5.75. The Bertz CT molecular complexity index is 4040. The Balaban J connectivity index is 0.000000139. The van der Waals surface area contributed by atoms with Crippen molar-refractivity contribution in [2.45, 2.75) is 160 Å². The molecule has 12 aliphatic rings. The normalized spacial score (nSPS) is 33.4. The molecule has 0 bridgehead atoms. The Labute approximate surface area is 527 Å². The molecule has 4 amide bonds. The van der Waals surface area contributed by atoms with Crippen molar-refractivity contribution in [2.75, 3.05) is 54.6 Å². The summed E-state index contributed by atoms with van der Waals surface area (Å²) < 4.78 is 21.3. The van der Waals surface area contributed by atoms with Gasteiger partial charge in [0.25, 0.3) is 0 Å². The van der Waals surface area contributed by atoms with Crippen molar-refractivity contribution in [3.63, 3.8) is 0 Å². The number of benzene rings is 6. The lowest BCUT2D eigenvalue weighted by atomic mass is 9.53. The van der Waals surface area contributed by atoms with Gasteiger partial charge in [0, 0.05) is 65.3 Å². The van der Waals surface area contributed by atoms with Gasteiger partial charge in [0.05, 0.1) is 46.2 Å². The van der Waals surface area contributed by atoms with E-state index in [1.165, 1.54) is 121 Å². The Morgan fingerprint density at radius 2 is 0.789 bits per heavy atom. The second-order valence-electron chi connectivity index (χ2n) is 28.4. The summed E-state index contributed by atoms with van der Waals surface area (Å²) in [5.74, 6) is 1.13. The van der Waals surface area contributed by atoms with Crippen LogP contribution in [0.2, 0.25) is 0 Å². The number of methoxy groups -OCH3 is 4. The molecule has 0 aromatic heterocycles. The fourth-order valence-corrected chi connectivity index (χ4v) is 23.4. The first-order valence-corrected chi connectivity index (χ1v) is 33.4. The Morgan fingerprint density at radius 3 is 1.36 bits per heavy atom. The predicted molar refractivity (Wildman–Crippen MR) is 339 cm³/mol. The zero-order valence-corrected chi connectivity index (χ0v) is 52.3. The molecule has 6 fully saturated rings. The van der Waals surface area contributed by atoms with E-state index in [2.05, 4.69) is 138 Å². The first kappa shape index (κ1) is 56.0. The smallest absolute Gasteiger partial charge is 0.409 e. The van der Waals surface area contributed by atoms with Crippen LogP contribution in [-0.2, 0) is 90.1 Å². The third-order valence-corrected chi connectivity index (χ3v) is 26.2. The molecule has 2 unspecified atom stereocenters. The summed E-state index contributed by atoms with van der Waals surface area (Å²) in [6.45, 7) is 2.69. The summed E-state index contributed by atoms with van der Waals surface area (Å²) in [6.07, 6.45) is 15.0. The van der Waals surface area contributed by atoms with Crippen LogP contribution >= 0.6 is 0 Å². The fourth-order valence-electron chi connectivity index (χ4n) is 23.4. The molecule has 14 heteroatoms. The minimum atomic E-state index is -0.614. The van der Waals surface area contributed by atoms with Gasteiger partial charge in [-0.3, -0.25) is 0 Å². The third-order valence-electron chi connectivity index (χ3n) is 26.2. The van der Waals surface area contributed by atoms with Gasteiger partial charge >= 0.3 is 24.4 Å². The molecule has 8 aliphatic carbocycles. The van der Waals surface area contributed by atoms with Crippen molar-refractivity contribution < 1.29 is 38.1 Å². The molecule has 12 atom stereocenters. The van der Waals surface area contributed by atoms with Crippen LogP contribution in [-0.4, -0.2) is 123 Å². The Morgan fingerprint density at radius 1 is 0.378 bits per heavy atom. The second-order valence-corrected chi connectivity index (χ2v) is 28.4. The summed E-state index contributed by atoms with van der Waals surface area (Å²) in [6, 6.07) is 49.0. The van der Waals surface area contributed by atoms with Crippen molar-refractivity contribution in [1.29, 1.82) is 0 Å². The van der Waals surface area contributed by atoms with Crippen molar-refractivity contribution >= 4 is 30.1 Å². The molecule has 462 valence electrons. The van der Waals surface area contributed by atoms with E-state index in [1.54, 1.807) is 0 Å². The van der Waals surface area contributed by atoms with Gasteiger partial charge in [-0.05, 0) is 180 Å². The molecule has 4 aliphatic heterocycles. The van der Waals surface area contributed by atoms with Crippen molar-refractivity contribution in [3.05, 3.63) is 206 Å². The maximum atomic E-state index is 13.5. The zero-order valence-electron chi connectivity index (χ0n) is 52.3. The maximum absolute atomic E-state index is 13.5. The van der Waals surface area contributed by atoms with Crippen LogP contribution in [0.4, 0.5) is 24.9 Å². The number of hydrogen-bond acceptors (Lipinski definition) is 10. The third kappa shape index (κ3) is 6.95. The van der Waals surface area contributed by atoms with Gasteiger partial charge in [-0.25, -0.2) is 19.2 Å². The minimum Gasteiger partial charge on any atom is -0.453 e. The Kier molecular flexibility index (Phi) is 12.6. The van der Waals surface area contributed by atoms with Gasteiger partial charge in [-0.15, -0.1) is 0 Å². The molecule has 2 saturated carbocycles. The van der Waals surface area contributed by atoms with E-state index in [4.69, 9.17) is 29.2 Å². The SMILES string of the molecule is COC(=O)N1CC[C@]2(N=Nc3cccc4c3C[C@@H]3N(C(=O)OC)CC[C@]43[C@@]34CCC[C@@H]3Cc3ccccc34)c3ccccc3CC12.COC(=O)N1CC[C@]2(c3cccc4c3C[C@@H]3N(C(=O)OC)CC[C@]43[C@@]34CCC[C@@H]3Cc3ccccc34)c3ccccc3CC12. The second kappa shape index (κ2) is 20.2. The number of ether oxygens (including phenoxy) is 4. The number of nitrogens with zero attached hydrogens (tertiary/aromatic N) is 6. The molecule has 0 radical (unpaired) electrons. The van der Waals surface area contributed by atoms with E-state index in [-0.39, 0.29) is 75.6 Å². The highest BCUT2D eigenvalue weighted by atomic mass is 16.6. The lowest BCUT2D eigenvalue weighted by Crippen LogP contribution is -2.55. The highest BCUT2D eigenvalue weighted by Gasteiger charge is 2.73. The predicted octanol–water partition coefficient (Wildman–Crippen LogP) is 13.3. The molecule has 0 spiro atoms. The van der Waals surface area contributed by atoms with E-state index in [9.17, 15) is 19.2 Å². The van der Waals surface area contributed by atoms with Crippen LogP contribution in [0.3, 0.4) is 0 Å². The maximum Gasteiger partial charge on any atom is 0.409 e. The van der Waals surface area contributed by atoms with E-state index < -0.39 is 5.54 Å². The molecule has 4 heterocycles. The van der Waals surface area contributed by atoms with E-state index in [0.717, 1.165) is 88.4 Å². The number of azo groups is 1. The van der Waals surface area contributed by atoms with Gasteiger partial charge in [-0.1, -0.05) is 140 Å². The topological polar surface area (TPSA) is 143 Å². The number of rotatable bonds is 5. The molecule has 18 rings (SSSR count). The molecule has 6 aromatic carbocycles. The summed E-state index contributed by atoms with van der Waals surface area (Å²) in [7, 11) is 5.96. The van der Waals surface area contributed by atoms with E-state index >= 15 is 0 Å². The van der Waals surface area contributed by atoms with Crippen LogP contribution in [0.25, 0.3) is 0 Å². The number of amides is 4. The van der Waals surface area contributed by atoms with Crippen molar-refractivity contribution in [2.24, 2.45) is 22.1 Å². The lowest BCUT2D eigenvalue weighted by molar-refractivity contribution is 0.0918. The summed E-state index contributed by atoms with van der Waals surface area (Å²) in [4.78, 5) is 60.7. The average Bonchev–Trinajstić information content (AvgIpc) is 1.53. The molecule has 14 nitrogen and oxygen atoms in total. The van der Waals surface area contributed by atoms with Crippen molar-refractivity contribution in [3.8, 4) is 0 Å². The average molecular weight is 1210 g/mol. The number of fused-ring (bicyclic) bond motifs is 20. The number of likely N-dealkylation sites (tertiary alicyclic amines) is 4. The summed E-state index contributed by atoms with van der Waals surface area (Å²) in [5, 5.41) is 10.4. The van der Waals surface area contributed by atoms with Crippen molar-refractivity contribution in [1.82, 2.24) is 19.6 Å². The van der Waals surface area contributed by atoms with E-state index in [0.29, 0.717) is 37.9 Å². The Hall–Kier alpha value is -8.00. The van der Waals surface area contributed by atoms with Crippen LogP contribution in [0.15, 0.2) is 144 Å². The molecular formula is C76H80N6O8. The quantitative estimate of drug-likeness (QED) is 0.123. The van der Waals surface area contributed by atoms with Crippen LogP contribution in [0.5, 0.6) is 0 Å². The van der Waals surface area contributed by atoms with Crippen LogP contribution in [0.1, 0.15) is 137 Å². The standard InChI is InChI=1S/C38H40N4O4.C38H40N2O4/c1-45-34(43)41-19-17-37(36-16-8-11-26(36)21-24-9-3-5-12-28(24)36)30-14-7-15-31(27(30)23-32(37)41)39-40-38-18-20-42(35(44)46-2)33(38)22-25-10-4-6-13-29(25)38;1-43-34(41)39-19-17-36(28-12-5-3-10-25(28)22-32(36)39)30-14-7-15-31-27(30)23-33-38(31,18-20-40(33)35(42)44-2)37-16-8-11-26(37)21-24-9-4-6-13-29(24)37/h3-7,9-10,12-15,26,32-33H,8,11,16-23H2,1-2H3;3-7,9-10,12-15,26,32-33H,8,11,16-23H2,1-2H3/t26-,32+,33?,36+,37+,38+;26-,32?,33+,36-,37+,38+/m11/s1. The molecule has 0 N–H and O–H groups in total. The highest BCUT2D eigenvalue weighted by Crippen LogP contribution is 2.72. The van der Waals surface area contributed by atoms with Gasteiger partial charge in [0.15, 0.2) is 0 Å². The molecule has 4 saturated heterocycles. The number of hydrogen-bond donors (Lipinski definition) is 0. The monoisotopic (exact) mass is 1200 g/mol. The zero-order chi connectivity index (χ0) is 61.1. The fraction of sp³-hybridized carbons (Fsp3) is 0.474. The first-order valence-electron chi connectivity index (χ1n) is 33.4. The van der Waals surface area contributed by atoms with Gasteiger partial charge in [0.1, 0.15) is 5.54 Å². The largest absolute Gasteiger partial charge is 0.453 e. The van der Waals surface area contributed by atoms with Crippen LogP contribution in [0, 0.1) is 11.8 Å². The number of carbonyl (C=O) groups is 4. The van der Waals surface area contributed by atoms with Gasteiger partial charge in [0.2, 0.25) is 0 Å². The number of carbonyl (C=O) groups excluding carboxylic acids is 4. The first-order chi connectivity index (χ1) is 44.0. The molecule has 6 aromatic rings. The summed E-state index contributed by atoms with van der Waals surface area (Å²) in [5.41, 5.74) is 17.3. The lowest BCUT2D eigenvalue weighted by Gasteiger charge is -2.50. The van der Waals surface area contributed by atoms with Gasteiger partial charge < -0.3 is 38.5 Å². The minimum absolute atomic E-state index is 0.000710. The van der Waals surface area contributed by atoms with Crippen LogP contribution < -0.4 is 0 Å². The van der Waals surface area contributed by atoms with E-state index in [1.807, 2.05) is 14.7 Å².